The van der Waals surface area contributed by atoms with Gasteiger partial charge in [0.2, 0.25) is 11.8 Å². The number of hydrogen-bond acceptors (Lipinski definition) is 5. The van der Waals surface area contributed by atoms with Gasteiger partial charge in [-0.05, 0) is 47.9 Å². The molecule has 0 aromatic heterocycles. The van der Waals surface area contributed by atoms with Crippen molar-refractivity contribution in [2.45, 2.75) is 25.9 Å². The lowest BCUT2D eigenvalue weighted by atomic mass is 9.87. The molecule has 8 heteroatoms. The Morgan fingerprint density at radius 3 is 2.61 bits per heavy atom. The number of halogens is 1. The fourth-order valence-electron chi connectivity index (χ4n) is 3.76. The maximum atomic E-state index is 12.5. The maximum absolute atomic E-state index is 12.5. The zero-order valence-corrected chi connectivity index (χ0v) is 21.2. The smallest absolute Gasteiger partial charge is 0.234 e. The number of ether oxygens (including phenoxy) is 1. The number of nitrogens with one attached hydrogen (secondary N) is 2. The Hall–Kier alpha value is -3.73. The highest BCUT2D eigenvalue weighted by Gasteiger charge is 2.30. The lowest BCUT2D eigenvalue weighted by molar-refractivity contribution is -0.121. The van der Waals surface area contributed by atoms with Gasteiger partial charge in [-0.15, -0.1) is 0 Å². The summed E-state index contributed by atoms with van der Waals surface area (Å²) < 4.78 is 5.84. The number of nitrogens with zero attached hydrogens (tertiary/aromatic N) is 1. The summed E-state index contributed by atoms with van der Waals surface area (Å²) in [7, 11) is 0. The number of nitriles is 1. The van der Waals surface area contributed by atoms with Crippen LogP contribution >= 0.6 is 23.4 Å². The number of allylic oxidation sites excluding steroid dienone is 1. The molecule has 1 aliphatic rings. The van der Waals surface area contributed by atoms with Crippen molar-refractivity contribution in [3.8, 4) is 11.8 Å². The van der Waals surface area contributed by atoms with Crippen molar-refractivity contribution in [2.24, 2.45) is 0 Å². The van der Waals surface area contributed by atoms with Gasteiger partial charge in [-0.3, -0.25) is 9.59 Å². The Bertz CT molecular complexity index is 1330. The van der Waals surface area contributed by atoms with E-state index in [9.17, 15) is 14.9 Å². The van der Waals surface area contributed by atoms with E-state index in [0.29, 0.717) is 33.7 Å². The molecule has 0 radical (unpaired) electrons. The molecule has 0 bridgehead atoms. The standard InChI is InChI=1S/C28H24ClN3O3S/c1-18-7-10-21(13-25(18)29)31-27(34)17-36-28-24(15-30)23(14-26(33)32-28)20-8-11-22(12-9-20)35-16-19-5-3-2-4-6-19/h2-13,23H,14,16-17H2,1H3,(H,31,34)(H,32,33). The van der Waals surface area contributed by atoms with Crippen molar-refractivity contribution in [3.63, 3.8) is 0 Å². The van der Waals surface area contributed by atoms with Crippen molar-refractivity contribution in [1.29, 1.82) is 5.26 Å². The van der Waals surface area contributed by atoms with Crippen molar-refractivity contribution in [2.75, 3.05) is 11.1 Å². The lowest BCUT2D eigenvalue weighted by Crippen LogP contribution is -2.31. The van der Waals surface area contributed by atoms with Crippen molar-refractivity contribution in [3.05, 3.63) is 105 Å². The van der Waals surface area contributed by atoms with Gasteiger partial charge in [0.15, 0.2) is 0 Å². The quantitative estimate of drug-likeness (QED) is 0.386. The molecule has 36 heavy (non-hydrogen) atoms. The van der Waals surface area contributed by atoms with Gasteiger partial charge in [0.05, 0.1) is 22.4 Å². The topological polar surface area (TPSA) is 91.2 Å². The number of carbonyl (C=O) groups excluding carboxylic acids is 2. The number of anilines is 1. The molecular weight excluding hydrogens is 494 g/mol. The number of hydrogen-bond donors (Lipinski definition) is 2. The number of rotatable bonds is 8. The molecule has 2 N–H and O–H groups in total. The Labute approximate surface area is 219 Å². The summed E-state index contributed by atoms with van der Waals surface area (Å²) in [6.07, 6.45) is 0.158. The molecule has 1 unspecified atom stereocenters. The summed E-state index contributed by atoms with van der Waals surface area (Å²) in [5.74, 6) is -0.121. The van der Waals surface area contributed by atoms with Crippen molar-refractivity contribution in [1.82, 2.24) is 5.32 Å². The van der Waals surface area contributed by atoms with Crippen LogP contribution in [0.25, 0.3) is 0 Å². The summed E-state index contributed by atoms with van der Waals surface area (Å²) in [6, 6.07) is 24.8. The van der Waals surface area contributed by atoms with Gasteiger partial charge >= 0.3 is 0 Å². The van der Waals surface area contributed by atoms with Crippen molar-refractivity contribution < 1.29 is 14.3 Å². The Balaban J connectivity index is 1.42. The zero-order chi connectivity index (χ0) is 25.5. The van der Waals surface area contributed by atoms with Crippen LogP contribution < -0.4 is 15.4 Å². The molecule has 0 aliphatic carbocycles. The first-order valence-corrected chi connectivity index (χ1v) is 12.7. The Morgan fingerprint density at radius 2 is 1.92 bits per heavy atom. The second kappa shape index (κ2) is 11.8. The molecule has 182 valence electrons. The van der Waals surface area contributed by atoms with Gasteiger partial charge < -0.3 is 15.4 Å². The van der Waals surface area contributed by atoms with Crippen LogP contribution in [0.15, 0.2) is 83.4 Å². The van der Waals surface area contributed by atoms with Crippen LogP contribution in [0.1, 0.15) is 29.0 Å². The van der Waals surface area contributed by atoms with E-state index in [2.05, 4.69) is 16.7 Å². The predicted octanol–water partition coefficient (Wildman–Crippen LogP) is 5.94. The summed E-state index contributed by atoms with van der Waals surface area (Å²) in [5.41, 5.74) is 3.84. The number of benzene rings is 3. The average Bonchev–Trinajstić information content (AvgIpc) is 2.89. The molecule has 0 spiro atoms. The molecule has 0 fully saturated rings. The molecule has 0 saturated heterocycles. The van der Waals surface area contributed by atoms with Crippen LogP contribution in [0.4, 0.5) is 5.69 Å². The molecule has 1 atom stereocenters. The maximum Gasteiger partial charge on any atom is 0.234 e. The SMILES string of the molecule is Cc1ccc(NC(=O)CSC2=C(C#N)C(c3ccc(OCc4ccccc4)cc3)CC(=O)N2)cc1Cl. The summed E-state index contributed by atoms with van der Waals surface area (Å²) in [6.45, 7) is 2.33. The van der Waals surface area contributed by atoms with Crippen LogP contribution in [0.2, 0.25) is 5.02 Å². The Morgan fingerprint density at radius 1 is 1.17 bits per heavy atom. The lowest BCUT2D eigenvalue weighted by Gasteiger charge is -2.25. The van der Waals surface area contributed by atoms with Crippen LogP contribution in [0.5, 0.6) is 5.75 Å². The second-order valence-electron chi connectivity index (χ2n) is 8.30. The van der Waals surface area contributed by atoms with Crippen LogP contribution in [-0.2, 0) is 16.2 Å². The number of aryl methyl sites for hydroxylation is 1. The van der Waals surface area contributed by atoms with Crippen LogP contribution in [0, 0.1) is 18.3 Å². The minimum atomic E-state index is -0.395. The first-order valence-electron chi connectivity index (χ1n) is 11.3. The van der Waals surface area contributed by atoms with E-state index >= 15 is 0 Å². The monoisotopic (exact) mass is 517 g/mol. The number of amides is 2. The predicted molar refractivity (Wildman–Crippen MR) is 143 cm³/mol. The summed E-state index contributed by atoms with van der Waals surface area (Å²) in [4.78, 5) is 24.9. The molecule has 6 nitrogen and oxygen atoms in total. The Kier molecular flexibility index (Phi) is 8.32. The fraction of sp³-hybridized carbons (Fsp3) is 0.179. The third kappa shape index (κ3) is 6.48. The summed E-state index contributed by atoms with van der Waals surface area (Å²) >= 11 is 7.26. The number of thioether (sulfide) groups is 1. The van der Waals surface area contributed by atoms with Crippen LogP contribution in [-0.4, -0.2) is 17.6 Å². The minimum Gasteiger partial charge on any atom is -0.489 e. The third-order valence-corrected chi connectivity index (χ3v) is 7.11. The third-order valence-electron chi connectivity index (χ3n) is 5.69. The van der Waals surface area contributed by atoms with Crippen molar-refractivity contribution >= 4 is 40.9 Å². The summed E-state index contributed by atoms with van der Waals surface area (Å²) in [5, 5.41) is 16.4. The fourth-order valence-corrected chi connectivity index (χ4v) is 4.82. The van der Waals surface area contributed by atoms with Gasteiger partial charge in [0.25, 0.3) is 0 Å². The molecule has 2 amide bonds. The average molecular weight is 518 g/mol. The minimum absolute atomic E-state index is 0.0330. The van der Waals surface area contributed by atoms with E-state index in [1.165, 1.54) is 0 Å². The molecule has 3 aromatic rings. The van der Waals surface area contributed by atoms with Gasteiger partial charge in [0.1, 0.15) is 12.4 Å². The first-order chi connectivity index (χ1) is 17.4. The van der Waals surface area contributed by atoms with E-state index in [1.807, 2.05) is 67.6 Å². The highest BCUT2D eigenvalue weighted by Crippen LogP contribution is 2.36. The van der Waals surface area contributed by atoms with Crippen LogP contribution in [0.3, 0.4) is 0 Å². The zero-order valence-electron chi connectivity index (χ0n) is 19.6. The highest BCUT2D eigenvalue weighted by molar-refractivity contribution is 8.03. The molecule has 0 saturated carbocycles. The normalized spacial score (nSPS) is 15.1. The molecule has 3 aromatic carbocycles. The molecular formula is C28H24ClN3O3S. The van der Waals surface area contributed by atoms with E-state index < -0.39 is 5.92 Å². The van der Waals surface area contributed by atoms with Gasteiger partial charge in [-0.2, -0.15) is 5.26 Å². The van der Waals surface area contributed by atoms with E-state index in [4.69, 9.17) is 16.3 Å². The van der Waals surface area contributed by atoms with E-state index in [-0.39, 0.29) is 24.0 Å². The number of carbonyl (C=O) groups is 2. The highest BCUT2D eigenvalue weighted by atomic mass is 35.5. The van der Waals surface area contributed by atoms with Gasteiger partial charge in [-0.1, -0.05) is 71.9 Å². The largest absolute Gasteiger partial charge is 0.489 e. The van der Waals surface area contributed by atoms with Gasteiger partial charge in [0, 0.05) is 23.0 Å². The molecule has 1 heterocycles. The van der Waals surface area contributed by atoms with Gasteiger partial charge in [-0.25, -0.2) is 0 Å². The first kappa shape index (κ1) is 25.4. The second-order valence-corrected chi connectivity index (χ2v) is 9.70. The molecule has 1 aliphatic heterocycles. The van der Waals surface area contributed by atoms with E-state index in [0.717, 1.165) is 28.5 Å². The van der Waals surface area contributed by atoms with E-state index in [1.54, 1.807) is 12.1 Å². The molecule has 4 rings (SSSR count).